The molecule has 2 nitrogen and oxygen atoms in total. The first-order valence-electron chi connectivity index (χ1n) is 4.86. The molecule has 76 valence electrons. The summed E-state index contributed by atoms with van der Waals surface area (Å²) >= 11 is 0. The van der Waals surface area contributed by atoms with Crippen LogP contribution in [0.3, 0.4) is 0 Å². The Bertz CT molecular complexity index is 429. The van der Waals surface area contributed by atoms with Gasteiger partial charge >= 0.3 is 0 Å². The van der Waals surface area contributed by atoms with Crippen LogP contribution in [0.5, 0.6) is 0 Å². The number of pyridine rings is 1. The molecule has 1 atom stereocenters. The predicted octanol–water partition coefficient (Wildman–Crippen LogP) is 1.97. The van der Waals surface area contributed by atoms with Crippen molar-refractivity contribution in [1.29, 1.82) is 0 Å². The third kappa shape index (κ3) is 2.41. The fourth-order valence-corrected chi connectivity index (χ4v) is 2.27. The van der Waals surface area contributed by atoms with E-state index in [1.807, 2.05) is 30.5 Å². The van der Waals surface area contributed by atoms with E-state index in [1.165, 1.54) is 11.1 Å². The zero-order chi connectivity index (χ0) is 10.5. The summed E-state index contributed by atoms with van der Waals surface area (Å²) in [5, 5.41) is 0. The first kappa shape index (κ1) is 10.3. The Labute approximate surface area is 91.3 Å². The summed E-state index contributed by atoms with van der Waals surface area (Å²) in [5.74, 6) is 0. The van der Waals surface area contributed by atoms with E-state index in [4.69, 9.17) is 5.73 Å². The normalized spacial score (nSPS) is 11.0. The first-order valence-corrected chi connectivity index (χ1v) is 6.07. The van der Waals surface area contributed by atoms with Crippen molar-refractivity contribution in [3.8, 4) is 11.1 Å². The Morgan fingerprint density at radius 1 is 1.07 bits per heavy atom. The van der Waals surface area contributed by atoms with E-state index in [0.717, 1.165) is 5.44 Å². The highest BCUT2D eigenvalue weighted by atomic mass is 31.1. The molecule has 0 aliphatic heterocycles. The van der Waals surface area contributed by atoms with Crippen LogP contribution in [-0.2, 0) is 0 Å². The van der Waals surface area contributed by atoms with Crippen molar-refractivity contribution >= 4 is 14.0 Å². The van der Waals surface area contributed by atoms with Crippen LogP contribution in [0.1, 0.15) is 0 Å². The van der Waals surface area contributed by atoms with Crippen LogP contribution in [0.15, 0.2) is 48.7 Å². The van der Waals surface area contributed by atoms with Crippen molar-refractivity contribution in [1.82, 2.24) is 4.98 Å². The highest BCUT2D eigenvalue weighted by Crippen LogP contribution is 2.20. The molecule has 0 bridgehead atoms. The molecule has 15 heavy (non-hydrogen) atoms. The van der Waals surface area contributed by atoms with Gasteiger partial charge in [0.15, 0.2) is 0 Å². The molecule has 1 heterocycles. The lowest BCUT2D eigenvalue weighted by atomic mass is 10.1. The van der Waals surface area contributed by atoms with Crippen molar-refractivity contribution in [3.63, 3.8) is 0 Å². The monoisotopic (exact) mass is 216 g/mol. The SMILES string of the molecule is NCPc1ncccc1-c1ccccc1. The largest absolute Gasteiger partial charge is 0.327 e. The van der Waals surface area contributed by atoms with Gasteiger partial charge in [0.05, 0.1) is 5.44 Å². The Kier molecular flexibility index (Phi) is 3.44. The lowest BCUT2D eigenvalue weighted by Gasteiger charge is -2.06. The smallest absolute Gasteiger partial charge is 0.0690 e. The second kappa shape index (κ2) is 5.01. The molecule has 2 aromatic rings. The Morgan fingerprint density at radius 2 is 1.87 bits per heavy atom. The van der Waals surface area contributed by atoms with Crippen molar-refractivity contribution in [2.75, 3.05) is 6.29 Å². The zero-order valence-electron chi connectivity index (χ0n) is 8.35. The van der Waals surface area contributed by atoms with Crippen molar-refractivity contribution in [3.05, 3.63) is 48.7 Å². The standard InChI is InChI=1S/C12H13N2P/c13-9-15-12-11(7-4-8-14-12)10-5-2-1-3-6-10/h1-8,15H,9,13H2. The number of hydrogen-bond donors (Lipinski definition) is 1. The molecule has 1 unspecified atom stereocenters. The summed E-state index contributed by atoms with van der Waals surface area (Å²) in [6.45, 7) is 0. The van der Waals surface area contributed by atoms with E-state index in [2.05, 4.69) is 23.2 Å². The summed E-state index contributed by atoms with van der Waals surface area (Å²) < 4.78 is 0. The average molecular weight is 216 g/mol. The number of aromatic nitrogens is 1. The van der Waals surface area contributed by atoms with Gasteiger partial charge in [-0.1, -0.05) is 45.0 Å². The Morgan fingerprint density at radius 3 is 2.60 bits per heavy atom. The molecule has 3 heteroatoms. The average Bonchev–Trinajstić information content (AvgIpc) is 2.31. The minimum absolute atomic E-state index is 0.578. The molecular weight excluding hydrogens is 203 g/mol. The third-order valence-electron chi connectivity index (χ3n) is 2.16. The molecule has 2 N–H and O–H groups in total. The molecule has 0 radical (unpaired) electrons. The number of hydrogen-bond acceptors (Lipinski definition) is 2. The minimum Gasteiger partial charge on any atom is -0.327 e. The van der Waals surface area contributed by atoms with Gasteiger partial charge in [-0.25, -0.2) is 0 Å². The topological polar surface area (TPSA) is 38.9 Å². The number of nitrogens with two attached hydrogens (primary N) is 1. The van der Waals surface area contributed by atoms with Gasteiger partial charge in [0.2, 0.25) is 0 Å². The van der Waals surface area contributed by atoms with E-state index in [0.29, 0.717) is 14.9 Å². The second-order valence-corrected chi connectivity index (χ2v) is 4.38. The molecular formula is C12H13N2P. The summed E-state index contributed by atoms with van der Waals surface area (Å²) in [4.78, 5) is 4.38. The fourth-order valence-electron chi connectivity index (χ4n) is 1.49. The summed E-state index contributed by atoms with van der Waals surface area (Å²) in [5.41, 5.74) is 9.09. The van der Waals surface area contributed by atoms with E-state index < -0.39 is 0 Å². The number of benzene rings is 1. The van der Waals surface area contributed by atoms with Gasteiger partial charge in [0.1, 0.15) is 0 Å². The van der Waals surface area contributed by atoms with Gasteiger partial charge in [-0.2, -0.15) is 0 Å². The molecule has 0 saturated carbocycles. The quantitative estimate of drug-likeness (QED) is 0.796. The molecule has 0 spiro atoms. The summed E-state index contributed by atoms with van der Waals surface area (Å²) in [6, 6.07) is 14.4. The van der Waals surface area contributed by atoms with E-state index in [9.17, 15) is 0 Å². The van der Waals surface area contributed by atoms with Crippen LogP contribution < -0.4 is 11.2 Å². The Hall–Kier alpha value is -1.24. The van der Waals surface area contributed by atoms with E-state index in [1.54, 1.807) is 0 Å². The Balaban J connectivity index is 2.43. The lowest BCUT2D eigenvalue weighted by molar-refractivity contribution is 1.36. The molecule has 0 saturated heterocycles. The first-order chi connectivity index (χ1) is 7.42. The molecule has 1 aromatic carbocycles. The number of nitrogens with zero attached hydrogens (tertiary/aromatic N) is 1. The molecule has 1 aromatic heterocycles. The van der Waals surface area contributed by atoms with Gasteiger partial charge in [-0.3, -0.25) is 4.98 Å². The third-order valence-corrected chi connectivity index (χ3v) is 3.10. The summed E-state index contributed by atoms with van der Waals surface area (Å²) in [7, 11) is 0.578. The van der Waals surface area contributed by atoms with Crippen LogP contribution in [0.2, 0.25) is 0 Å². The van der Waals surface area contributed by atoms with Crippen molar-refractivity contribution in [2.45, 2.75) is 0 Å². The summed E-state index contributed by atoms with van der Waals surface area (Å²) in [6.07, 6.45) is 2.49. The van der Waals surface area contributed by atoms with Gasteiger partial charge < -0.3 is 5.73 Å². The van der Waals surface area contributed by atoms with Gasteiger partial charge in [0, 0.05) is 18.0 Å². The van der Waals surface area contributed by atoms with Gasteiger partial charge in [-0.05, 0) is 11.6 Å². The zero-order valence-corrected chi connectivity index (χ0v) is 9.35. The van der Waals surface area contributed by atoms with Crippen LogP contribution in [0, 0.1) is 0 Å². The maximum absolute atomic E-state index is 5.58. The van der Waals surface area contributed by atoms with E-state index >= 15 is 0 Å². The molecule has 0 aliphatic carbocycles. The van der Waals surface area contributed by atoms with Crippen LogP contribution in [-0.4, -0.2) is 11.3 Å². The van der Waals surface area contributed by atoms with Crippen LogP contribution in [0.4, 0.5) is 0 Å². The highest BCUT2D eigenvalue weighted by molar-refractivity contribution is 7.47. The minimum atomic E-state index is 0.578. The van der Waals surface area contributed by atoms with Gasteiger partial charge in [-0.15, -0.1) is 0 Å². The fraction of sp³-hybridized carbons (Fsp3) is 0.0833. The maximum Gasteiger partial charge on any atom is 0.0690 e. The molecule has 0 fully saturated rings. The maximum atomic E-state index is 5.58. The molecule has 0 aliphatic rings. The lowest BCUT2D eigenvalue weighted by Crippen LogP contribution is -2.08. The van der Waals surface area contributed by atoms with Crippen molar-refractivity contribution < 1.29 is 0 Å². The molecule has 2 rings (SSSR count). The van der Waals surface area contributed by atoms with Crippen LogP contribution in [0.25, 0.3) is 11.1 Å². The molecule has 0 amide bonds. The predicted molar refractivity (Wildman–Crippen MR) is 66.7 cm³/mol. The number of rotatable bonds is 3. The highest BCUT2D eigenvalue weighted by Gasteiger charge is 2.03. The van der Waals surface area contributed by atoms with Crippen LogP contribution >= 0.6 is 8.58 Å². The van der Waals surface area contributed by atoms with Gasteiger partial charge in [0.25, 0.3) is 0 Å². The van der Waals surface area contributed by atoms with E-state index in [-0.39, 0.29) is 0 Å². The second-order valence-electron chi connectivity index (χ2n) is 3.15. The van der Waals surface area contributed by atoms with Crippen molar-refractivity contribution in [2.24, 2.45) is 5.73 Å².